The average Bonchev–Trinajstić information content (AvgIpc) is 1.87. The van der Waals surface area contributed by atoms with Crippen molar-refractivity contribution in [2.24, 2.45) is 5.73 Å². The first-order valence-corrected chi connectivity index (χ1v) is 3.08. The summed E-state index contributed by atoms with van der Waals surface area (Å²) in [6.45, 7) is 3.25. The van der Waals surface area contributed by atoms with E-state index in [4.69, 9.17) is 5.73 Å². The summed E-state index contributed by atoms with van der Waals surface area (Å²) in [6, 6.07) is 0. The van der Waals surface area contributed by atoms with Gasteiger partial charge in [-0.25, -0.2) is 0 Å². The summed E-state index contributed by atoms with van der Waals surface area (Å²) < 4.78 is 0. The van der Waals surface area contributed by atoms with Gasteiger partial charge in [-0.15, -0.1) is 0 Å². The maximum absolute atomic E-state index is 10.6. The van der Waals surface area contributed by atoms with Crippen LogP contribution in [0.25, 0.3) is 0 Å². The van der Waals surface area contributed by atoms with Crippen LogP contribution in [-0.4, -0.2) is 11.7 Å². The molecule has 0 aliphatic carbocycles. The molecule has 0 saturated carbocycles. The van der Waals surface area contributed by atoms with E-state index < -0.39 is 5.91 Å². The van der Waals surface area contributed by atoms with Crippen LogP contribution in [0.5, 0.6) is 0 Å². The van der Waals surface area contributed by atoms with Gasteiger partial charge in [0.2, 0.25) is 5.91 Å². The molecule has 0 aromatic heterocycles. The van der Waals surface area contributed by atoms with Crippen LogP contribution >= 0.6 is 0 Å². The van der Waals surface area contributed by atoms with Crippen molar-refractivity contribution in [1.82, 2.24) is 0 Å². The summed E-state index contributed by atoms with van der Waals surface area (Å²) in [5.74, 6) is -0.613. The van der Waals surface area contributed by atoms with Crippen molar-refractivity contribution in [2.75, 3.05) is 0 Å². The van der Waals surface area contributed by atoms with Crippen LogP contribution in [0.15, 0.2) is 11.6 Å². The average molecular weight is 141 g/mol. The molecular formula is C7H11NO2. The minimum absolute atomic E-state index is 0.0729. The maximum Gasteiger partial charge on any atom is 0.244 e. The predicted octanol–water partition coefficient (Wildman–Crippen LogP) is 0.397. The number of hydrogen-bond donors (Lipinski definition) is 1. The molecule has 10 heavy (non-hydrogen) atoms. The molecule has 0 aromatic carbocycles. The van der Waals surface area contributed by atoms with Gasteiger partial charge in [0, 0.05) is 12.0 Å². The van der Waals surface area contributed by atoms with Crippen molar-refractivity contribution in [3.63, 3.8) is 0 Å². The topological polar surface area (TPSA) is 60.2 Å². The first kappa shape index (κ1) is 8.88. The third-order valence-electron chi connectivity index (χ3n) is 1.11. The van der Waals surface area contributed by atoms with Crippen LogP contribution < -0.4 is 5.73 Å². The predicted molar refractivity (Wildman–Crippen MR) is 38.2 cm³/mol. The molecule has 0 aromatic rings. The van der Waals surface area contributed by atoms with E-state index in [-0.39, 0.29) is 5.78 Å². The van der Waals surface area contributed by atoms with Crippen LogP contribution in [0, 0.1) is 0 Å². The van der Waals surface area contributed by atoms with Gasteiger partial charge in [0.05, 0.1) is 0 Å². The Kier molecular flexibility index (Phi) is 3.39. The highest BCUT2D eigenvalue weighted by Crippen LogP contribution is 1.92. The normalized spacial score (nSPS) is 11.2. The van der Waals surface area contributed by atoms with Gasteiger partial charge in [0.15, 0.2) is 5.78 Å². The molecule has 0 radical (unpaired) electrons. The lowest BCUT2D eigenvalue weighted by molar-refractivity contribution is -0.116. The molecule has 3 heteroatoms. The minimum Gasteiger partial charge on any atom is -0.366 e. The molecule has 0 atom stereocenters. The second kappa shape index (κ2) is 3.82. The van der Waals surface area contributed by atoms with Crippen LogP contribution in [0.2, 0.25) is 0 Å². The van der Waals surface area contributed by atoms with E-state index in [1.165, 1.54) is 13.0 Å². The van der Waals surface area contributed by atoms with E-state index in [0.717, 1.165) is 0 Å². The molecule has 0 fully saturated rings. The first-order valence-electron chi connectivity index (χ1n) is 3.08. The molecule has 0 unspecified atom stereocenters. The SMILES string of the molecule is CCC(=O)C=C(C)C(N)=O. The van der Waals surface area contributed by atoms with Crippen molar-refractivity contribution < 1.29 is 9.59 Å². The highest BCUT2D eigenvalue weighted by atomic mass is 16.1. The van der Waals surface area contributed by atoms with Crippen LogP contribution in [-0.2, 0) is 9.59 Å². The summed E-state index contributed by atoms with van der Waals surface area (Å²) in [6.07, 6.45) is 1.67. The quantitative estimate of drug-likeness (QED) is 0.578. The fourth-order valence-corrected chi connectivity index (χ4v) is 0.415. The molecule has 3 nitrogen and oxygen atoms in total. The zero-order chi connectivity index (χ0) is 8.15. The van der Waals surface area contributed by atoms with Gasteiger partial charge in [0.25, 0.3) is 0 Å². The molecule has 1 amide bonds. The smallest absolute Gasteiger partial charge is 0.244 e. The molecule has 56 valence electrons. The van der Waals surface area contributed by atoms with Crippen molar-refractivity contribution in [2.45, 2.75) is 20.3 Å². The van der Waals surface area contributed by atoms with E-state index in [2.05, 4.69) is 0 Å². The van der Waals surface area contributed by atoms with Gasteiger partial charge in [0.1, 0.15) is 0 Å². The number of carbonyl (C=O) groups excluding carboxylic acids is 2. The molecule has 0 aliphatic heterocycles. The van der Waals surface area contributed by atoms with Gasteiger partial charge < -0.3 is 5.73 Å². The van der Waals surface area contributed by atoms with E-state index >= 15 is 0 Å². The van der Waals surface area contributed by atoms with Crippen molar-refractivity contribution in [3.05, 3.63) is 11.6 Å². The zero-order valence-electron chi connectivity index (χ0n) is 6.18. The molecule has 0 aliphatic rings. The lowest BCUT2D eigenvalue weighted by atomic mass is 10.2. The number of rotatable bonds is 3. The Morgan fingerprint density at radius 1 is 1.50 bits per heavy atom. The lowest BCUT2D eigenvalue weighted by Gasteiger charge is -1.90. The van der Waals surface area contributed by atoms with Crippen LogP contribution in [0.3, 0.4) is 0 Å². The van der Waals surface area contributed by atoms with Crippen molar-refractivity contribution in [3.8, 4) is 0 Å². The summed E-state index contributed by atoms with van der Waals surface area (Å²) in [7, 11) is 0. The highest BCUT2D eigenvalue weighted by molar-refractivity contribution is 6.00. The van der Waals surface area contributed by atoms with Gasteiger partial charge >= 0.3 is 0 Å². The minimum atomic E-state index is -0.540. The van der Waals surface area contributed by atoms with E-state index in [0.29, 0.717) is 12.0 Å². The van der Waals surface area contributed by atoms with Gasteiger partial charge in [-0.1, -0.05) is 6.92 Å². The molecule has 0 spiro atoms. The van der Waals surface area contributed by atoms with Crippen LogP contribution in [0.1, 0.15) is 20.3 Å². The standard InChI is InChI=1S/C7H11NO2/c1-3-6(9)4-5(2)7(8)10/h4H,3H2,1-2H3,(H2,8,10). The number of allylic oxidation sites excluding steroid dienone is 1. The Balaban J connectivity index is 4.16. The van der Waals surface area contributed by atoms with Gasteiger partial charge in [-0.2, -0.15) is 0 Å². The Bertz CT molecular complexity index is 182. The summed E-state index contributed by atoms with van der Waals surface area (Å²) in [5.41, 5.74) is 5.19. The maximum atomic E-state index is 10.6. The second-order valence-electron chi connectivity index (χ2n) is 2.01. The second-order valence-corrected chi connectivity index (χ2v) is 2.01. The Hall–Kier alpha value is -1.12. The highest BCUT2D eigenvalue weighted by Gasteiger charge is 1.98. The molecule has 2 N–H and O–H groups in total. The Morgan fingerprint density at radius 3 is 2.30 bits per heavy atom. The van der Waals surface area contributed by atoms with E-state index in [1.54, 1.807) is 6.92 Å². The summed E-state index contributed by atoms with van der Waals surface area (Å²) >= 11 is 0. The third kappa shape index (κ3) is 3.02. The fraction of sp³-hybridized carbons (Fsp3) is 0.429. The number of nitrogens with two attached hydrogens (primary N) is 1. The molecule has 0 rings (SSSR count). The summed E-state index contributed by atoms with van der Waals surface area (Å²) in [4.78, 5) is 21.0. The van der Waals surface area contributed by atoms with E-state index in [9.17, 15) is 9.59 Å². The number of amides is 1. The molecule has 0 saturated heterocycles. The van der Waals surface area contributed by atoms with Gasteiger partial charge in [-0.3, -0.25) is 9.59 Å². The Morgan fingerprint density at radius 2 is 2.00 bits per heavy atom. The van der Waals surface area contributed by atoms with Crippen LogP contribution in [0.4, 0.5) is 0 Å². The number of carbonyl (C=O) groups is 2. The largest absolute Gasteiger partial charge is 0.366 e. The number of primary amides is 1. The zero-order valence-corrected chi connectivity index (χ0v) is 6.18. The summed E-state index contributed by atoms with van der Waals surface area (Å²) in [5, 5.41) is 0. The monoisotopic (exact) mass is 141 g/mol. The van der Waals surface area contributed by atoms with Crippen molar-refractivity contribution >= 4 is 11.7 Å². The first-order chi connectivity index (χ1) is 4.57. The van der Waals surface area contributed by atoms with Gasteiger partial charge in [-0.05, 0) is 13.0 Å². The fourth-order valence-electron chi connectivity index (χ4n) is 0.415. The molecule has 0 heterocycles. The number of ketones is 1. The molecular weight excluding hydrogens is 130 g/mol. The third-order valence-corrected chi connectivity index (χ3v) is 1.11. The molecule has 0 bridgehead atoms. The number of hydrogen-bond acceptors (Lipinski definition) is 2. The lowest BCUT2D eigenvalue weighted by Crippen LogP contribution is -2.12. The van der Waals surface area contributed by atoms with Crippen molar-refractivity contribution in [1.29, 1.82) is 0 Å². The van der Waals surface area contributed by atoms with E-state index in [1.807, 2.05) is 0 Å². The Labute approximate surface area is 59.9 Å².